The second-order valence-corrected chi connectivity index (χ2v) is 2.91. The quantitative estimate of drug-likeness (QED) is 0.607. The molecule has 0 bridgehead atoms. The number of hydrazine groups is 1. The zero-order chi connectivity index (χ0) is 11.5. The predicted octanol–water partition coefficient (Wildman–Crippen LogP) is 2.43. The van der Waals surface area contributed by atoms with Gasteiger partial charge in [-0.3, -0.25) is 5.84 Å². The molecule has 0 atom stereocenters. The standard InChI is InChI=1S/C9H11F3N2O/c1-2-6-3-7(14-13)5-8(4-6)15-9(10,11)12/h3-5,14H,2,13H2,1H3. The number of nitrogen functional groups attached to an aromatic ring is 1. The van der Waals surface area contributed by atoms with Gasteiger partial charge < -0.3 is 10.2 Å². The average molecular weight is 220 g/mol. The molecule has 0 aliphatic rings. The van der Waals surface area contributed by atoms with Crippen molar-refractivity contribution in [1.29, 1.82) is 0 Å². The van der Waals surface area contributed by atoms with E-state index in [1.165, 1.54) is 12.1 Å². The molecular weight excluding hydrogens is 209 g/mol. The van der Waals surface area contributed by atoms with E-state index in [0.29, 0.717) is 17.7 Å². The molecule has 0 radical (unpaired) electrons. The second-order valence-electron chi connectivity index (χ2n) is 2.91. The van der Waals surface area contributed by atoms with Gasteiger partial charge in [-0.1, -0.05) is 6.92 Å². The van der Waals surface area contributed by atoms with Crippen LogP contribution < -0.4 is 16.0 Å². The minimum atomic E-state index is -4.68. The van der Waals surface area contributed by atoms with Crippen molar-refractivity contribution in [1.82, 2.24) is 0 Å². The number of anilines is 1. The van der Waals surface area contributed by atoms with Crippen LogP contribution in [0.15, 0.2) is 18.2 Å². The van der Waals surface area contributed by atoms with E-state index in [2.05, 4.69) is 10.2 Å². The van der Waals surface area contributed by atoms with Crippen molar-refractivity contribution in [3.8, 4) is 5.75 Å². The highest BCUT2D eigenvalue weighted by Gasteiger charge is 2.31. The Hall–Kier alpha value is -1.43. The summed E-state index contributed by atoms with van der Waals surface area (Å²) >= 11 is 0. The van der Waals surface area contributed by atoms with E-state index in [1.807, 2.05) is 6.92 Å². The lowest BCUT2D eigenvalue weighted by atomic mass is 10.1. The van der Waals surface area contributed by atoms with E-state index in [0.717, 1.165) is 0 Å². The molecule has 0 aliphatic carbocycles. The van der Waals surface area contributed by atoms with Crippen LogP contribution in [-0.4, -0.2) is 6.36 Å². The maximum Gasteiger partial charge on any atom is 0.573 e. The van der Waals surface area contributed by atoms with Crippen LogP contribution in [0.1, 0.15) is 12.5 Å². The summed E-state index contributed by atoms with van der Waals surface area (Å²) in [5, 5.41) is 0. The number of rotatable bonds is 3. The maximum absolute atomic E-state index is 11.9. The maximum atomic E-state index is 11.9. The molecule has 0 spiro atoms. The predicted molar refractivity (Wildman–Crippen MR) is 50.3 cm³/mol. The first-order valence-corrected chi connectivity index (χ1v) is 4.31. The summed E-state index contributed by atoms with van der Waals surface area (Å²) in [5.41, 5.74) is 3.38. The molecule has 3 N–H and O–H groups in total. The van der Waals surface area contributed by atoms with E-state index in [9.17, 15) is 13.2 Å². The van der Waals surface area contributed by atoms with Gasteiger partial charge in [-0.05, 0) is 24.1 Å². The fourth-order valence-corrected chi connectivity index (χ4v) is 1.14. The molecule has 0 heterocycles. The Labute approximate surface area is 85.0 Å². The molecule has 0 aromatic heterocycles. The Kier molecular flexibility index (Phi) is 3.41. The summed E-state index contributed by atoms with van der Waals surface area (Å²) in [4.78, 5) is 0. The largest absolute Gasteiger partial charge is 0.573 e. The molecule has 15 heavy (non-hydrogen) atoms. The number of aryl methyl sites for hydroxylation is 1. The summed E-state index contributed by atoms with van der Waals surface area (Å²) in [5.74, 6) is 4.85. The fraction of sp³-hybridized carbons (Fsp3) is 0.333. The summed E-state index contributed by atoms with van der Waals surface area (Å²) in [6, 6.07) is 4.17. The Balaban J connectivity index is 2.97. The van der Waals surface area contributed by atoms with Crippen molar-refractivity contribution >= 4 is 5.69 Å². The van der Waals surface area contributed by atoms with Crippen molar-refractivity contribution in [3.63, 3.8) is 0 Å². The van der Waals surface area contributed by atoms with Gasteiger partial charge in [-0.2, -0.15) is 0 Å². The topological polar surface area (TPSA) is 47.3 Å². The molecule has 0 saturated carbocycles. The van der Waals surface area contributed by atoms with Gasteiger partial charge in [0.2, 0.25) is 0 Å². The summed E-state index contributed by atoms with van der Waals surface area (Å²) in [6.07, 6.45) is -4.08. The molecule has 0 amide bonds. The molecule has 0 aliphatic heterocycles. The van der Waals surface area contributed by atoms with Crippen LogP contribution in [0.3, 0.4) is 0 Å². The van der Waals surface area contributed by atoms with Gasteiger partial charge in [0.25, 0.3) is 0 Å². The normalized spacial score (nSPS) is 11.3. The Morgan fingerprint density at radius 2 is 2.00 bits per heavy atom. The molecular formula is C9H11F3N2O. The van der Waals surface area contributed by atoms with Gasteiger partial charge in [0, 0.05) is 6.07 Å². The molecule has 0 unspecified atom stereocenters. The van der Waals surface area contributed by atoms with E-state index in [1.54, 1.807) is 6.07 Å². The van der Waals surface area contributed by atoms with Gasteiger partial charge in [-0.25, -0.2) is 0 Å². The molecule has 0 saturated heterocycles. The van der Waals surface area contributed by atoms with Crippen molar-refractivity contribution in [2.24, 2.45) is 5.84 Å². The van der Waals surface area contributed by atoms with Crippen molar-refractivity contribution in [2.75, 3.05) is 5.43 Å². The molecule has 0 fully saturated rings. The first-order valence-electron chi connectivity index (χ1n) is 4.31. The smallest absolute Gasteiger partial charge is 0.406 e. The number of hydrogen-bond acceptors (Lipinski definition) is 3. The lowest BCUT2D eigenvalue weighted by Crippen LogP contribution is -2.17. The minimum Gasteiger partial charge on any atom is -0.406 e. The van der Waals surface area contributed by atoms with Crippen LogP contribution >= 0.6 is 0 Å². The van der Waals surface area contributed by atoms with Crippen LogP contribution in [0.2, 0.25) is 0 Å². The van der Waals surface area contributed by atoms with E-state index in [4.69, 9.17) is 5.84 Å². The van der Waals surface area contributed by atoms with Crippen LogP contribution in [-0.2, 0) is 6.42 Å². The first kappa shape index (κ1) is 11.6. The third kappa shape index (κ3) is 3.67. The number of nitrogens with one attached hydrogen (secondary N) is 1. The van der Waals surface area contributed by atoms with Crippen molar-refractivity contribution < 1.29 is 17.9 Å². The Morgan fingerprint density at radius 1 is 1.33 bits per heavy atom. The highest BCUT2D eigenvalue weighted by molar-refractivity contribution is 5.50. The number of halogens is 3. The zero-order valence-electron chi connectivity index (χ0n) is 8.06. The van der Waals surface area contributed by atoms with Crippen molar-refractivity contribution in [3.05, 3.63) is 23.8 Å². The minimum absolute atomic E-state index is 0.269. The lowest BCUT2D eigenvalue weighted by molar-refractivity contribution is -0.274. The number of benzene rings is 1. The zero-order valence-corrected chi connectivity index (χ0v) is 8.06. The average Bonchev–Trinajstić information content (AvgIpc) is 2.14. The lowest BCUT2D eigenvalue weighted by Gasteiger charge is -2.11. The number of hydrogen-bond donors (Lipinski definition) is 2. The second kappa shape index (κ2) is 4.39. The SMILES string of the molecule is CCc1cc(NN)cc(OC(F)(F)F)c1. The molecule has 1 rings (SSSR count). The van der Waals surface area contributed by atoms with E-state index < -0.39 is 6.36 Å². The molecule has 1 aromatic carbocycles. The van der Waals surface area contributed by atoms with Crippen LogP contribution in [0.25, 0.3) is 0 Å². The van der Waals surface area contributed by atoms with Crippen molar-refractivity contribution in [2.45, 2.75) is 19.7 Å². The first-order chi connectivity index (χ1) is 6.94. The molecule has 1 aromatic rings. The Bertz CT molecular complexity index is 316. The fourth-order valence-electron chi connectivity index (χ4n) is 1.14. The van der Waals surface area contributed by atoms with Crippen LogP contribution in [0.5, 0.6) is 5.75 Å². The Morgan fingerprint density at radius 3 is 2.47 bits per heavy atom. The van der Waals surface area contributed by atoms with Gasteiger partial charge in [0.05, 0.1) is 5.69 Å². The van der Waals surface area contributed by atoms with Gasteiger partial charge >= 0.3 is 6.36 Å². The summed E-state index contributed by atoms with van der Waals surface area (Å²) in [6.45, 7) is 1.83. The molecule has 84 valence electrons. The molecule has 6 heteroatoms. The highest BCUT2D eigenvalue weighted by atomic mass is 19.4. The van der Waals surface area contributed by atoms with E-state index >= 15 is 0 Å². The number of nitrogens with two attached hydrogens (primary N) is 1. The van der Waals surface area contributed by atoms with Gasteiger partial charge in [0.15, 0.2) is 0 Å². The number of ether oxygens (including phenoxy) is 1. The van der Waals surface area contributed by atoms with Crippen LogP contribution in [0.4, 0.5) is 18.9 Å². The van der Waals surface area contributed by atoms with Gasteiger partial charge in [0.1, 0.15) is 5.75 Å². The number of alkyl halides is 3. The third-order valence-electron chi connectivity index (χ3n) is 1.77. The van der Waals surface area contributed by atoms with E-state index in [-0.39, 0.29) is 5.75 Å². The van der Waals surface area contributed by atoms with Gasteiger partial charge in [-0.15, -0.1) is 13.2 Å². The summed E-state index contributed by atoms with van der Waals surface area (Å²) < 4.78 is 39.6. The van der Waals surface area contributed by atoms with Crippen LogP contribution in [0, 0.1) is 0 Å². The highest BCUT2D eigenvalue weighted by Crippen LogP contribution is 2.26. The monoisotopic (exact) mass is 220 g/mol. The third-order valence-corrected chi connectivity index (χ3v) is 1.77. The summed E-state index contributed by atoms with van der Waals surface area (Å²) in [7, 11) is 0. The molecule has 3 nitrogen and oxygen atoms in total.